The van der Waals surface area contributed by atoms with Gasteiger partial charge in [-0.15, -0.1) is 0 Å². The van der Waals surface area contributed by atoms with E-state index in [1.807, 2.05) is 6.07 Å². The van der Waals surface area contributed by atoms with E-state index in [0.717, 1.165) is 4.47 Å². The number of benzene rings is 1. The first kappa shape index (κ1) is 18.9. The zero-order chi connectivity index (χ0) is 17.1. The van der Waals surface area contributed by atoms with Crippen LogP contribution in [0.4, 0.5) is 0 Å². The highest BCUT2D eigenvalue weighted by Gasteiger charge is 2.11. The third-order valence-electron chi connectivity index (χ3n) is 2.50. The molecule has 0 aromatic heterocycles. The molecule has 7 nitrogen and oxygen atoms in total. The number of amides is 2. The summed E-state index contributed by atoms with van der Waals surface area (Å²) in [5.41, 5.74) is 2.79. The van der Waals surface area contributed by atoms with E-state index in [0.29, 0.717) is 24.5 Å². The van der Waals surface area contributed by atoms with Crippen LogP contribution in [-0.2, 0) is 14.3 Å². The van der Waals surface area contributed by atoms with Crippen molar-refractivity contribution in [1.82, 2.24) is 10.7 Å². The van der Waals surface area contributed by atoms with Crippen LogP contribution in [0.2, 0.25) is 0 Å². The van der Waals surface area contributed by atoms with Crippen LogP contribution in [0.1, 0.15) is 5.56 Å². The summed E-state index contributed by atoms with van der Waals surface area (Å²) in [4.78, 5) is 22.9. The Morgan fingerprint density at radius 1 is 1.39 bits per heavy atom. The van der Waals surface area contributed by atoms with Gasteiger partial charge < -0.3 is 14.8 Å². The Morgan fingerprint density at radius 3 is 2.87 bits per heavy atom. The predicted octanol–water partition coefficient (Wildman–Crippen LogP) is 1.23. The van der Waals surface area contributed by atoms with Gasteiger partial charge >= 0.3 is 11.8 Å². The maximum Gasteiger partial charge on any atom is 0.329 e. The van der Waals surface area contributed by atoms with Gasteiger partial charge in [0.1, 0.15) is 12.4 Å². The van der Waals surface area contributed by atoms with Crippen LogP contribution in [0.25, 0.3) is 0 Å². The van der Waals surface area contributed by atoms with Gasteiger partial charge in [0, 0.05) is 23.7 Å². The van der Waals surface area contributed by atoms with Crippen molar-refractivity contribution in [3.05, 3.63) is 40.9 Å². The van der Waals surface area contributed by atoms with E-state index in [1.165, 1.54) is 13.3 Å². The number of hydrogen-bond acceptors (Lipinski definition) is 5. The van der Waals surface area contributed by atoms with E-state index in [-0.39, 0.29) is 6.54 Å². The van der Waals surface area contributed by atoms with Gasteiger partial charge in [0.15, 0.2) is 0 Å². The molecule has 0 fully saturated rings. The number of nitrogens with zero attached hydrogens (tertiary/aromatic N) is 1. The molecule has 1 aromatic rings. The quantitative estimate of drug-likeness (QED) is 0.232. The van der Waals surface area contributed by atoms with Crippen molar-refractivity contribution >= 4 is 34.0 Å². The fourth-order valence-electron chi connectivity index (χ4n) is 1.46. The van der Waals surface area contributed by atoms with Gasteiger partial charge in [-0.05, 0) is 18.2 Å². The van der Waals surface area contributed by atoms with Gasteiger partial charge in [-0.3, -0.25) is 9.59 Å². The number of methoxy groups -OCH3 is 1. The van der Waals surface area contributed by atoms with Crippen LogP contribution in [0.5, 0.6) is 5.75 Å². The molecule has 1 rings (SSSR count). The number of nitrogens with one attached hydrogen (secondary N) is 2. The Balaban J connectivity index is 2.62. The Kier molecular flexibility index (Phi) is 8.63. The fourth-order valence-corrected chi connectivity index (χ4v) is 1.84. The number of halogens is 1. The number of rotatable bonds is 8. The van der Waals surface area contributed by atoms with Crippen molar-refractivity contribution in [2.45, 2.75) is 0 Å². The summed E-state index contributed by atoms with van der Waals surface area (Å²) in [5, 5.41) is 6.14. The number of hydrogen-bond donors (Lipinski definition) is 2. The maximum absolute atomic E-state index is 11.5. The molecule has 0 aliphatic carbocycles. The summed E-state index contributed by atoms with van der Waals surface area (Å²) < 4.78 is 11.1. The van der Waals surface area contributed by atoms with Gasteiger partial charge in [0.05, 0.1) is 12.8 Å². The highest BCUT2D eigenvalue weighted by molar-refractivity contribution is 9.10. The molecular formula is C15H18BrN3O4. The lowest BCUT2D eigenvalue weighted by molar-refractivity contribution is -0.139. The molecule has 8 heteroatoms. The molecule has 23 heavy (non-hydrogen) atoms. The second kappa shape index (κ2) is 10.5. The molecule has 0 bridgehead atoms. The number of carbonyl (C=O) groups is 2. The molecule has 2 N–H and O–H groups in total. The van der Waals surface area contributed by atoms with Gasteiger partial charge in [-0.1, -0.05) is 28.6 Å². The smallest absolute Gasteiger partial charge is 0.329 e. The number of ether oxygens (including phenoxy) is 2. The minimum absolute atomic E-state index is 0.248. The average molecular weight is 384 g/mol. The van der Waals surface area contributed by atoms with Crippen LogP contribution in [0.15, 0.2) is 40.4 Å². The molecule has 0 unspecified atom stereocenters. The Bertz CT molecular complexity index is 590. The molecule has 0 spiro atoms. The first-order chi connectivity index (χ1) is 11.1. The fraction of sp³-hybridized carbons (Fsp3) is 0.267. The lowest BCUT2D eigenvalue weighted by Gasteiger charge is -2.07. The minimum Gasteiger partial charge on any atom is -0.489 e. The van der Waals surface area contributed by atoms with Gasteiger partial charge in [0.25, 0.3) is 0 Å². The van der Waals surface area contributed by atoms with Crippen molar-refractivity contribution in [2.75, 3.05) is 26.9 Å². The van der Waals surface area contributed by atoms with Crippen LogP contribution >= 0.6 is 15.9 Å². The average Bonchev–Trinajstić information content (AvgIpc) is 2.54. The van der Waals surface area contributed by atoms with Crippen molar-refractivity contribution in [3.63, 3.8) is 0 Å². The van der Waals surface area contributed by atoms with Crippen LogP contribution in [0.3, 0.4) is 0 Å². The van der Waals surface area contributed by atoms with E-state index in [4.69, 9.17) is 9.47 Å². The van der Waals surface area contributed by atoms with E-state index >= 15 is 0 Å². The normalized spacial score (nSPS) is 10.3. The molecular weight excluding hydrogens is 366 g/mol. The molecule has 0 heterocycles. The summed E-state index contributed by atoms with van der Waals surface area (Å²) in [5.74, 6) is -1.06. The summed E-state index contributed by atoms with van der Waals surface area (Å²) >= 11 is 3.34. The SMILES string of the molecule is C=CCOc1ccc(Br)cc1/C=N\NC(=O)C(=O)NCCOC. The topological polar surface area (TPSA) is 89.0 Å². The van der Waals surface area contributed by atoms with E-state index in [1.54, 1.807) is 18.2 Å². The zero-order valence-electron chi connectivity index (χ0n) is 12.7. The van der Waals surface area contributed by atoms with Crippen LogP contribution in [0, 0.1) is 0 Å². The molecule has 0 atom stereocenters. The Morgan fingerprint density at radius 2 is 2.17 bits per heavy atom. The lowest BCUT2D eigenvalue weighted by Crippen LogP contribution is -2.39. The van der Waals surface area contributed by atoms with E-state index in [2.05, 4.69) is 38.4 Å². The van der Waals surface area contributed by atoms with Gasteiger partial charge in [-0.2, -0.15) is 5.10 Å². The molecule has 124 valence electrons. The summed E-state index contributed by atoms with van der Waals surface area (Å²) in [6, 6.07) is 5.35. The van der Waals surface area contributed by atoms with Crippen molar-refractivity contribution in [2.24, 2.45) is 5.10 Å². The Hall–Kier alpha value is -2.19. The van der Waals surface area contributed by atoms with Gasteiger partial charge in [-0.25, -0.2) is 5.43 Å². The second-order valence-electron chi connectivity index (χ2n) is 4.23. The molecule has 0 aliphatic rings. The predicted molar refractivity (Wildman–Crippen MR) is 90.5 cm³/mol. The first-order valence-electron chi connectivity index (χ1n) is 6.72. The van der Waals surface area contributed by atoms with E-state index in [9.17, 15) is 9.59 Å². The minimum atomic E-state index is -0.860. The number of carbonyl (C=O) groups excluding carboxylic acids is 2. The maximum atomic E-state index is 11.5. The van der Waals surface area contributed by atoms with Crippen LogP contribution < -0.4 is 15.5 Å². The van der Waals surface area contributed by atoms with E-state index < -0.39 is 11.8 Å². The summed E-state index contributed by atoms with van der Waals surface area (Å²) in [6.45, 7) is 4.50. The largest absolute Gasteiger partial charge is 0.489 e. The van der Waals surface area contributed by atoms with Crippen LogP contribution in [-0.4, -0.2) is 44.9 Å². The molecule has 0 saturated heterocycles. The molecule has 1 aromatic carbocycles. The Labute approximate surface area is 142 Å². The third kappa shape index (κ3) is 7.07. The zero-order valence-corrected chi connectivity index (χ0v) is 14.3. The third-order valence-corrected chi connectivity index (χ3v) is 2.99. The second-order valence-corrected chi connectivity index (χ2v) is 5.15. The summed E-state index contributed by atoms with van der Waals surface area (Å²) in [6.07, 6.45) is 3.01. The molecule has 0 aliphatic heterocycles. The molecule has 0 saturated carbocycles. The highest BCUT2D eigenvalue weighted by Crippen LogP contribution is 2.21. The standard InChI is InChI=1S/C15H18BrN3O4/c1-3-7-23-13-5-4-12(16)9-11(13)10-18-19-15(21)14(20)17-6-8-22-2/h3-5,9-10H,1,6-8H2,2H3,(H,17,20)(H,19,21)/b18-10-. The lowest BCUT2D eigenvalue weighted by atomic mass is 10.2. The van der Waals surface area contributed by atoms with Gasteiger partial charge in [0.2, 0.25) is 0 Å². The monoisotopic (exact) mass is 383 g/mol. The first-order valence-corrected chi connectivity index (χ1v) is 7.51. The molecule has 2 amide bonds. The van der Waals surface area contributed by atoms with Crippen molar-refractivity contribution < 1.29 is 19.1 Å². The number of hydrazone groups is 1. The van der Waals surface area contributed by atoms with Crippen molar-refractivity contribution in [1.29, 1.82) is 0 Å². The van der Waals surface area contributed by atoms with Crippen molar-refractivity contribution in [3.8, 4) is 5.75 Å². The highest BCUT2D eigenvalue weighted by atomic mass is 79.9. The summed E-state index contributed by atoms with van der Waals surface area (Å²) in [7, 11) is 1.50. The molecule has 0 radical (unpaired) electrons.